The number of rotatable bonds is 6. The number of amides is 1. The molecule has 0 spiro atoms. The van der Waals surface area contributed by atoms with Gasteiger partial charge in [-0.1, -0.05) is 12.5 Å². The molecule has 1 aromatic heterocycles. The normalized spacial score (nSPS) is 18.2. The smallest absolute Gasteiger partial charge is 0.251 e. The third kappa shape index (κ3) is 4.61. The lowest BCUT2D eigenvalue weighted by Gasteiger charge is -2.32. The van der Waals surface area contributed by atoms with E-state index in [-0.39, 0.29) is 16.8 Å². The number of carbonyl (C=O) groups is 1. The van der Waals surface area contributed by atoms with Crippen LogP contribution in [0, 0.1) is 13.8 Å². The summed E-state index contributed by atoms with van der Waals surface area (Å²) in [6.07, 6.45) is 3.44. The van der Waals surface area contributed by atoms with Gasteiger partial charge in [0.2, 0.25) is 10.0 Å². The zero-order valence-electron chi connectivity index (χ0n) is 16.6. The van der Waals surface area contributed by atoms with Gasteiger partial charge in [-0.2, -0.15) is 4.31 Å². The molecular formula is C20H27N3O3S2. The van der Waals surface area contributed by atoms with Gasteiger partial charge in [0, 0.05) is 36.5 Å². The molecule has 2 heterocycles. The molecule has 6 nitrogen and oxygen atoms in total. The number of piperidine rings is 1. The van der Waals surface area contributed by atoms with E-state index in [1.807, 2.05) is 26.2 Å². The maximum absolute atomic E-state index is 13.1. The highest BCUT2D eigenvalue weighted by Crippen LogP contribution is 2.26. The molecule has 3 rings (SSSR count). The van der Waals surface area contributed by atoms with Crippen LogP contribution in [0.1, 0.15) is 52.8 Å². The highest BCUT2D eigenvalue weighted by atomic mass is 32.2. The lowest BCUT2D eigenvalue weighted by atomic mass is 10.1. The van der Waals surface area contributed by atoms with Gasteiger partial charge in [-0.05, 0) is 51.3 Å². The summed E-state index contributed by atoms with van der Waals surface area (Å²) in [5.41, 5.74) is 2.11. The van der Waals surface area contributed by atoms with Gasteiger partial charge >= 0.3 is 0 Å². The molecule has 0 bridgehead atoms. The second-order valence-corrected chi connectivity index (χ2v) is 10.3. The molecule has 28 heavy (non-hydrogen) atoms. The molecule has 0 saturated carbocycles. The van der Waals surface area contributed by atoms with Crippen LogP contribution >= 0.6 is 11.3 Å². The molecule has 0 aliphatic carbocycles. The first-order valence-corrected chi connectivity index (χ1v) is 11.9. The fourth-order valence-electron chi connectivity index (χ4n) is 3.49. The summed E-state index contributed by atoms with van der Waals surface area (Å²) < 4.78 is 27.7. The minimum absolute atomic E-state index is 0.0149. The topological polar surface area (TPSA) is 79.4 Å². The minimum atomic E-state index is -3.60. The first-order chi connectivity index (χ1) is 13.3. The standard InChI is InChI=1S/C20H27N3O3S2/c1-14-7-8-18(28(25,26)23-11-5-4-6-15(23)2)12-19(14)20(24)21-10-9-17-13-27-16(3)22-17/h7-8,12-13,15H,4-6,9-11H2,1-3H3,(H,21,24). The zero-order valence-corrected chi connectivity index (χ0v) is 18.2. The lowest BCUT2D eigenvalue weighted by Crippen LogP contribution is -2.42. The first kappa shape index (κ1) is 21.0. The van der Waals surface area contributed by atoms with E-state index < -0.39 is 10.0 Å². The third-order valence-electron chi connectivity index (χ3n) is 5.14. The Bertz CT molecular complexity index is 953. The molecule has 1 fully saturated rings. The molecule has 1 aliphatic heterocycles. The van der Waals surface area contributed by atoms with E-state index in [0.717, 1.165) is 35.5 Å². The third-order valence-corrected chi connectivity index (χ3v) is 7.97. The van der Waals surface area contributed by atoms with Crippen LogP contribution in [0.5, 0.6) is 0 Å². The van der Waals surface area contributed by atoms with Crippen LogP contribution in [0.4, 0.5) is 0 Å². The summed E-state index contributed by atoms with van der Waals surface area (Å²) in [5.74, 6) is -0.256. The number of nitrogens with zero attached hydrogens (tertiary/aromatic N) is 2. The maximum Gasteiger partial charge on any atom is 0.251 e. The number of nitrogens with one attached hydrogen (secondary N) is 1. The van der Waals surface area contributed by atoms with E-state index in [2.05, 4.69) is 10.3 Å². The summed E-state index contributed by atoms with van der Waals surface area (Å²) in [5, 5.41) is 5.87. The Morgan fingerprint density at radius 3 is 2.79 bits per heavy atom. The summed E-state index contributed by atoms with van der Waals surface area (Å²) in [6.45, 7) is 6.70. The second kappa shape index (κ2) is 8.71. The largest absolute Gasteiger partial charge is 0.352 e. The van der Waals surface area contributed by atoms with Crippen LogP contribution in [0.3, 0.4) is 0 Å². The monoisotopic (exact) mass is 421 g/mol. The summed E-state index contributed by atoms with van der Waals surface area (Å²) in [7, 11) is -3.60. The summed E-state index contributed by atoms with van der Waals surface area (Å²) in [6, 6.07) is 4.80. The molecule has 0 radical (unpaired) electrons. The number of carbonyl (C=O) groups excluding carboxylic acids is 1. The SMILES string of the molecule is Cc1nc(CCNC(=O)c2cc(S(=O)(=O)N3CCCCC3C)ccc2C)cs1. The number of benzene rings is 1. The average molecular weight is 422 g/mol. The number of thiazole rings is 1. The van der Waals surface area contributed by atoms with Gasteiger partial charge in [0.1, 0.15) is 0 Å². The minimum Gasteiger partial charge on any atom is -0.352 e. The van der Waals surface area contributed by atoms with Crippen LogP contribution in [-0.4, -0.2) is 42.7 Å². The molecule has 2 aromatic rings. The Balaban J connectivity index is 1.74. The molecule has 152 valence electrons. The number of hydrogen-bond donors (Lipinski definition) is 1. The van der Waals surface area contributed by atoms with Gasteiger partial charge in [0.25, 0.3) is 5.91 Å². The fourth-order valence-corrected chi connectivity index (χ4v) is 5.87. The van der Waals surface area contributed by atoms with E-state index in [1.54, 1.807) is 27.8 Å². The number of aryl methyl sites for hydroxylation is 2. The molecule has 1 unspecified atom stereocenters. The Morgan fingerprint density at radius 1 is 1.32 bits per heavy atom. The molecule has 1 atom stereocenters. The van der Waals surface area contributed by atoms with Crippen molar-refractivity contribution < 1.29 is 13.2 Å². The highest BCUT2D eigenvalue weighted by Gasteiger charge is 2.31. The predicted octanol–water partition coefficient (Wildman–Crippen LogP) is 3.30. The van der Waals surface area contributed by atoms with Gasteiger partial charge in [0.15, 0.2) is 0 Å². The van der Waals surface area contributed by atoms with E-state index in [4.69, 9.17) is 0 Å². The van der Waals surface area contributed by atoms with Crippen molar-refractivity contribution in [3.8, 4) is 0 Å². The number of sulfonamides is 1. The highest BCUT2D eigenvalue weighted by molar-refractivity contribution is 7.89. The van der Waals surface area contributed by atoms with Crippen molar-refractivity contribution in [1.29, 1.82) is 0 Å². The Hall–Kier alpha value is -1.77. The van der Waals surface area contributed by atoms with Crippen molar-refractivity contribution in [3.63, 3.8) is 0 Å². The van der Waals surface area contributed by atoms with Crippen molar-refractivity contribution in [2.45, 2.75) is 57.4 Å². The average Bonchev–Trinajstić information content (AvgIpc) is 3.07. The zero-order chi connectivity index (χ0) is 20.3. The van der Waals surface area contributed by atoms with Crippen molar-refractivity contribution in [2.24, 2.45) is 0 Å². The van der Waals surface area contributed by atoms with Crippen molar-refractivity contribution in [2.75, 3.05) is 13.1 Å². The maximum atomic E-state index is 13.1. The molecule has 1 aromatic carbocycles. The van der Waals surface area contributed by atoms with Crippen molar-refractivity contribution in [3.05, 3.63) is 45.4 Å². The van der Waals surface area contributed by atoms with E-state index in [9.17, 15) is 13.2 Å². The Morgan fingerprint density at radius 2 is 2.11 bits per heavy atom. The molecule has 8 heteroatoms. The van der Waals surface area contributed by atoms with Crippen LogP contribution < -0.4 is 5.32 Å². The number of aromatic nitrogens is 1. The molecular weight excluding hydrogens is 394 g/mol. The Labute approximate surface area is 171 Å². The second-order valence-electron chi connectivity index (χ2n) is 7.30. The van der Waals surface area contributed by atoms with Crippen LogP contribution in [0.25, 0.3) is 0 Å². The summed E-state index contributed by atoms with van der Waals surface area (Å²) in [4.78, 5) is 17.2. The van der Waals surface area contributed by atoms with Crippen molar-refractivity contribution >= 4 is 27.3 Å². The lowest BCUT2D eigenvalue weighted by molar-refractivity contribution is 0.0953. The van der Waals surface area contributed by atoms with E-state index in [0.29, 0.717) is 25.1 Å². The first-order valence-electron chi connectivity index (χ1n) is 9.61. The van der Waals surface area contributed by atoms with Crippen molar-refractivity contribution in [1.82, 2.24) is 14.6 Å². The van der Waals surface area contributed by atoms with Gasteiger partial charge < -0.3 is 5.32 Å². The predicted molar refractivity (Wildman–Crippen MR) is 111 cm³/mol. The molecule has 1 saturated heterocycles. The van der Waals surface area contributed by atoms with Crippen LogP contribution in [0.15, 0.2) is 28.5 Å². The van der Waals surface area contributed by atoms with E-state index in [1.165, 1.54) is 6.07 Å². The van der Waals surface area contributed by atoms with Gasteiger partial charge in [-0.15, -0.1) is 11.3 Å². The Kier molecular flexibility index (Phi) is 6.52. The molecule has 1 N–H and O–H groups in total. The van der Waals surface area contributed by atoms with Gasteiger partial charge in [-0.25, -0.2) is 13.4 Å². The van der Waals surface area contributed by atoms with E-state index >= 15 is 0 Å². The van der Waals surface area contributed by atoms with Crippen LogP contribution in [0.2, 0.25) is 0 Å². The van der Waals surface area contributed by atoms with Gasteiger partial charge in [0.05, 0.1) is 15.6 Å². The molecule has 1 amide bonds. The van der Waals surface area contributed by atoms with Crippen LogP contribution in [-0.2, 0) is 16.4 Å². The fraction of sp³-hybridized carbons (Fsp3) is 0.500. The number of hydrogen-bond acceptors (Lipinski definition) is 5. The molecule has 1 aliphatic rings. The quantitative estimate of drug-likeness (QED) is 0.776. The van der Waals surface area contributed by atoms with Gasteiger partial charge in [-0.3, -0.25) is 4.79 Å². The summed E-state index contributed by atoms with van der Waals surface area (Å²) >= 11 is 1.59.